The molecule has 0 aliphatic carbocycles. The van der Waals surface area contributed by atoms with E-state index in [0.29, 0.717) is 15.7 Å². The quantitative estimate of drug-likeness (QED) is 0.591. The van der Waals surface area contributed by atoms with Crippen molar-refractivity contribution in [3.63, 3.8) is 0 Å². The summed E-state index contributed by atoms with van der Waals surface area (Å²) < 4.78 is 6.63. The Bertz CT molecular complexity index is 904. The molecular weight excluding hydrogens is 356 g/mol. The number of ether oxygens (including phenoxy) is 1. The number of rotatable bonds is 6. The molecule has 4 nitrogen and oxygen atoms in total. The first-order chi connectivity index (χ1) is 11.9. The fraction of sp³-hybridized carbons (Fsp3) is 0.263. The zero-order valence-corrected chi connectivity index (χ0v) is 15.9. The molecule has 1 aromatic heterocycles. The number of hydrogen-bond donors (Lipinski definition) is 1. The molecule has 0 aliphatic heterocycles. The van der Waals surface area contributed by atoms with Crippen LogP contribution < -0.4 is 10.1 Å². The molecule has 1 heterocycles. The number of nitrogens with zero attached hydrogens (tertiary/aromatic N) is 1. The number of aromatic nitrogens is 1. The van der Waals surface area contributed by atoms with Crippen LogP contribution in [0.3, 0.4) is 0 Å². The summed E-state index contributed by atoms with van der Waals surface area (Å²) in [5, 5.41) is 4.52. The molecule has 6 heteroatoms. The lowest BCUT2D eigenvalue weighted by Crippen LogP contribution is -2.14. The van der Waals surface area contributed by atoms with Crippen molar-refractivity contribution in [3.8, 4) is 5.75 Å². The second kappa shape index (κ2) is 7.42. The Balaban J connectivity index is 1.67. The van der Waals surface area contributed by atoms with Crippen molar-refractivity contribution >= 4 is 44.1 Å². The summed E-state index contributed by atoms with van der Waals surface area (Å²) >= 11 is 7.64. The molecule has 0 radical (unpaired) electrons. The molecule has 0 saturated heterocycles. The van der Waals surface area contributed by atoms with E-state index in [1.54, 1.807) is 12.1 Å². The molecule has 2 aromatic carbocycles. The van der Waals surface area contributed by atoms with Gasteiger partial charge in [-0.1, -0.05) is 22.9 Å². The molecule has 0 amide bonds. The Hall–Kier alpha value is -2.11. The van der Waals surface area contributed by atoms with Crippen molar-refractivity contribution in [2.24, 2.45) is 0 Å². The van der Waals surface area contributed by atoms with Crippen LogP contribution in [0.25, 0.3) is 10.2 Å². The third-order valence-corrected chi connectivity index (χ3v) is 5.08. The van der Waals surface area contributed by atoms with Gasteiger partial charge in [0.1, 0.15) is 5.75 Å². The minimum absolute atomic E-state index is 0.00473. The maximum absolute atomic E-state index is 12.3. The Morgan fingerprint density at radius 2 is 1.96 bits per heavy atom. The largest absolute Gasteiger partial charge is 0.491 e. The van der Waals surface area contributed by atoms with Crippen LogP contribution in [0.5, 0.6) is 5.75 Å². The summed E-state index contributed by atoms with van der Waals surface area (Å²) in [6, 6.07) is 11.0. The maximum atomic E-state index is 12.3. The van der Waals surface area contributed by atoms with Crippen LogP contribution in [0.15, 0.2) is 36.4 Å². The van der Waals surface area contributed by atoms with E-state index in [9.17, 15) is 4.79 Å². The van der Waals surface area contributed by atoms with Crippen molar-refractivity contribution in [1.82, 2.24) is 4.98 Å². The summed E-state index contributed by atoms with van der Waals surface area (Å²) in [6.45, 7) is 6.07. The molecule has 0 fully saturated rings. The lowest BCUT2D eigenvalue weighted by atomic mass is 10.1. The highest BCUT2D eigenvalue weighted by molar-refractivity contribution is 7.22. The smallest absolute Gasteiger partial charge is 0.184 e. The van der Waals surface area contributed by atoms with Crippen LogP contribution in [-0.4, -0.2) is 23.4 Å². The van der Waals surface area contributed by atoms with Gasteiger partial charge in [-0.3, -0.25) is 4.79 Å². The van der Waals surface area contributed by atoms with Gasteiger partial charge in [-0.15, -0.1) is 0 Å². The van der Waals surface area contributed by atoms with Crippen LogP contribution in [0, 0.1) is 6.92 Å². The van der Waals surface area contributed by atoms with Crippen LogP contribution in [0.1, 0.15) is 29.8 Å². The lowest BCUT2D eigenvalue weighted by Gasteiger charge is -2.09. The number of Topliss-reactive ketones (excluding diaryl/α,β-unsaturated/α-hetero) is 1. The molecule has 130 valence electrons. The van der Waals surface area contributed by atoms with E-state index in [1.165, 1.54) is 11.3 Å². The van der Waals surface area contributed by atoms with Gasteiger partial charge in [-0.05, 0) is 62.7 Å². The number of aryl methyl sites for hydroxylation is 1. The zero-order chi connectivity index (χ0) is 18.0. The molecule has 3 aromatic rings. The minimum atomic E-state index is 0.00473. The van der Waals surface area contributed by atoms with E-state index in [0.717, 1.165) is 21.5 Å². The Kier molecular flexibility index (Phi) is 5.25. The molecular formula is C19H19ClN2O2S. The molecule has 0 atom stereocenters. The van der Waals surface area contributed by atoms with E-state index in [1.807, 2.05) is 45.0 Å². The maximum Gasteiger partial charge on any atom is 0.184 e. The van der Waals surface area contributed by atoms with Gasteiger partial charge in [0.25, 0.3) is 0 Å². The predicted octanol–water partition coefficient (Wildman–Crippen LogP) is 5.34. The van der Waals surface area contributed by atoms with Gasteiger partial charge in [-0.25, -0.2) is 4.98 Å². The van der Waals surface area contributed by atoms with E-state index < -0.39 is 0 Å². The molecule has 0 saturated carbocycles. The number of halogens is 1. The summed E-state index contributed by atoms with van der Waals surface area (Å²) in [4.78, 5) is 16.9. The normalized spacial score (nSPS) is 11.1. The number of carbonyl (C=O) groups excluding carboxylic acids is 1. The number of ketones is 1. The van der Waals surface area contributed by atoms with E-state index in [4.69, 9.17) is 16.3 Å². The summed E-state index contributed by atoms with van der Waals surface area (Å²) in [5.74, 6) is 0.767. The first-order valence-electron chi connectivity index (χ1n) is 8.03. The van der Waals surface area contributed by atoms with E-state index in [2.05, 4.69) is 10.3 Å². The number of carbonyl (C=O) groups is 1. The Labute approximate surface area is 155 Å². The highest BCUT2D eigenvalue weighted by Crippen LogP contribution is 2.31. The van der Waals surface area contributed by atoms with E-state index in [-0.39, 0.29) is 18.4 Å². The van der Waals surface area contributed by atoms with Crippen LogP contribution in [0.4, 0.5) is 5.13 Å². The first kappa shape index (κ1) is 17.7. The van der Waals surface area contributed by atoms with Crippen LogP contribution in [-0.2, 0) is 0 Å². The predicted molar refractivity (Wildman–Crippen MR) is 104 cm³/mol. The Morgan fingerprint density at radius 3 is 2.64 bits per heavy atom. The number of fused-ring (bicyclic) bond motifs is 1. The van der Waals surface area contributed by atoms with Crippen molar-refractivity contribution < 1.29 is 9.53 Å². The third-order valence-electron chi connectivity index (χ3n) is 3.70. The van der Waals surface area contributed by atoms with Gasteiger partial charge in [0.15, 0.2) is 10.9 Å². The fourth-order valence-corrected chi connectivity index (χ4v) is 3.50. The van der Waals surface area contributed by atoms with Gasteiger partial charge in [0.05, 0.1) is 22.9 Å². The second-order valence-electron chi connectivity index (χ2n) is 6.01. The topological polar surface area (TPSA) is 51.2 Å². The number of benzene rings is 2. The molecule has 0 unspecified atom stereocenters. The Morgan fingerprint density at radius 1 is 1.24 bits per heavy atom. The average molecular weight is 375 g/mol. The first-order valence-corrected chi connectivity index (χ1v) is 9.23. The molecule has 1 N–H and O–H groups in total. The fourth-order valence-electron chi connectivity index (χ4n) is 2.43. The minimum Gasteiger partial charge on any atom is -0.491 e. The highest BCUT2D eigenvalue weighted by atomic mass is 35.5. The summed E-state index contributed by atoms with van der Waals surface area (Å²) in [7, 11) is 0. The molecule has 0 bridgehead atoms. The van der Waals surface area contributed by atoms with Crippen molar-refractivity contribution in [1.29, 1.82) is 0 Å². The monoisotopic (exact) mass is 374 g/mol. The standard InChI is InChI=1S/C19H19ClN2O2S/c1-11(2)24-14-6-4-13(5-7-14)16(23)10-21-19-22-18-12(3)15(20)8-9-17(18)25-19/h4-9,11H,10H2,1-3H3,(H,21,22). The van der Waals surface area contributed by atoms with E-state index >= 15 is 0 Å². The number of anilines is 1. The zero-order valence-electron chi connectivity index (χ0n) is 14.3. The molecule has 25 heavy (non-hydrogen) atoms. The van der Waals surface area contributed by atoms with Crippen LogP contribution >= 0.6 is 22.9 Å². The van der Waals surface area contributed by atoms with Crippen molar-refractivity contribution in [3.05, 3.63) is 52.5 Å². The van der Waals surface area contributed by atoms with Crippen LogP contribution in [0.2, 0.25) is 5.02 Å². The molecule has 0 spiro atoms. The number of nitrogens with one attached hydrogen (secondary N) is 1. The SMILES string of the molecule is Cc1c(Cl)ccc2sc(NCC(=O)c3ccc(OC(C)C)cc3)nc12. The van der Waals surface area contributed by atoms with Gasteiger partial charge in [0, 0.05) is 10.6 Å². The summed E-state index contributed by atoms with van der Waals surface area (Å²) in [6.07, 6.45) is 0.110. The average Bonchev–Trinajstić information content (AvgIpc) is 3.00. The van der Waals surface area contributed by atoms with Gasteiger partial charge >= 0.3 is 0 Å². The van der Waals surface area contributed by atoms with Gasteiger partial charge < -0.3 is 10.1 Å². The molecule has 0 aliphatic rings. The summed E-state index contributed by atoms with van der Waals surface area (Å²) in [5.41, 5.74) is 2.47. The number of hydrogen-bond acceptors (Lipinski definition) is 5. The molecule has 3 rings (SSSR count). The second-order valence-corrected chi connectivity index (χ2v) is 7.44. The van der Waals surface area contributed by atoms with Gasteiger partial charge in [0.2, 0.25) is 0 Å². The van der Waals surface area contributed by atoms with Gasteiger partial charge in [-0.2, -0.15) is 0 Å². The highest BCUT2D eigenvalue weighted by Gasteiger charge is 2.11. The number of thiazole rings is 1. The van der Waals surface area contributed by atoms with Crippen molar-refractivity contribution in [2.75, 3.05) is 11.9 Å². The third kappa shape index (κ3) is 4.11. The van der Waals surface area contributed by atoms with Crippen molar-refractivity contribution in [2.45, 2.75) is 26.9 Å². The lowest BCUT2D eigenvalue weighted by molar-refractivity contribution is 0.101.